The molecule has 0 spiro atoms. The van der Waals surface area contributed by atoms with Gasteiger partial charge in [0, 0.05) is 5.02 Å². The van der Waals surface area contributed by atoms with Crippen molar-refractivity contribution in [2.24, 2.45) is 0 Å². The highest BCUT2D eigenvalue weighted by Crippen LogP contribution is 2.18. The molecule has 5 heteroatoms. The zero-order valence-electron chi connectivity index (χ0n) is 9.14. The van der Waals surface area contributed by atoms with Crippen LogP contribution < -0.4 is 0 Å². The summed E-state index contributed by atoms with van der Waals surface area (Å²) in [6.07, 6.45) is -0.290. The van der Waals surface area contributed by atoms with E-state index in [2.05, 4.69) is 0 Å². The fourth-order valence-electron chi connectivity index (χ4n) is 1.64. The number of esters is 1. The van der Waals surface area contributed by atoms with Crippen LogP contribution in [0.3, 0.4) is 0 Å². The van der Waals surface area contributed by atoms with Crippen molar-refractivity contribution >= 4 is 17.6 Å². The molecule has 1 unspecified atom stereocenters. The predicted octanol–water partition coefficient (Wildman–Crippen LogP) is 1.99. The second-order valence-corrected chi connectivity index (χ2v) is 4.30. The molecular formula is C12H13ClO4. The molecule has 1 aromatic rings. The molecule has 0 aliphatic carbocycles. The van der Waals surface area contributed by atoms with Crippen LogP contribution in [0.4, 0.5) is 0 Å². The summed E-state index contributed by atoms with van der Waals surface area (Å²) in [6, 6.07) is 6.45. The van der Waals surface area contributed by atoms with Crippen LogP contribution in [0.2, 0.25) is 5.02 Å². The van der Waals surface area contributed by atoms with E-state index in [1.165, 1.54) is 6.07 Å². The molecule has 1 N–H and O–H groups in total. The van der Waals surface area contributed by atoms with E-state index in [9.17, 15) is 9.90 Å². The van der Waals surface area contributed by atoms with Gasteiger partial charge in [0.1, 0.15) is 6.10 Å². The molecule has 4 nitrogen and oxygen atoms in total. The molecule has 0 aromatic heterocycles. The molecule has 92 valence electrons. The molecule has 2 rings (SSSR count). The van der Waals surface area contributed by atoms with Crippen molar-refractivity contribution in [2.75, 3.05) is 6.61 Å². The number of rotatable bonds is 2. The molecule has 0 bridgehead atoms. The maximum Gasteiger partial charge on any atom is 0.340 e. The van der Waals surface area contributed by atoms with Crippen LogP contribution >= 0.6 is 11.6 Å². The van der Waals surface area contributed by atoms with Gasteiger partial charge < -0.3 is 14.6 Å². The zero-order chi connectivity index (χ0) is 12.3. The lowest BCUT2D eigenvalue weighted by molar-refractivity contribution is -0.187. The highest BCUT2D eigenvalue weighted by atomic mass is 35.5. The molecular weight excluding hydrogens is 244 g/mol. The molecule has 0 amide bonds. The fourth-order valence-corrected chi connectivity index (χ4v) is 1.83. The van der Waals surface area contributed by atoms with Crippen molar-refractivity contribution in [3.8, 4) is 0 Å². The van der Waals surface area contributed by atoms with Crippen molar-refractivity contribution in [1.82, 2.24) is 0 Å². The molecule has 1 aliphatic heterocycles. The van der Waals surface area contributed by atoms with Crippen LogP contribution in [0.15, 0.2) is 24.3 Å². The average Bonchev–Trinajstić information content (AvgIpc) is 2.32. The summed E-state index contributed by atoms with van der Waals surface area (Å²) >= 11 is 5.77. The number of halogens is 1. The monoisotopic (exact) mass is 256 g/mol. The van der Waals surface area contributed by atoms with E-state index in [0.29, 0.717) is 23.6 Å². The van der Waals surface area contributed by atoms with Gasteiger partial charge >= 0.3 is 5.97 Å². The number of aliphatic hydroxyl groups is 1. The van der Waals surface area contributed by atoms with Gasteiger partial charge in [-0.15, -0.1) is 0 Å². The van der Waals surface area contributed by atoms with E-state index in [1.54, 1.807) is 18.2 Å². The van der Waals surface area contributed by atoms with Gasteiger partial charge in [0.15, 0.2) is 0 Å². The number of hydrogen-bond acceptors (Lipinski definition) is 4. The van der Waals surface area contributed by atoms with Crippen molar-refractivity contribution in [1.29, 1.82) is 0 Å². The van der Waals surface area contributed by atoms with Gasteiger partial charge in [-0.25, -0.2) is 4.79 Å². The summed E-state index contributed by atoms with van der Waals surface area (Å²) in [4.78, 5) is 11.7. The van der Waals surface area contributed by atoms with E-state index in [0.717, 1.165) is 6.42 Å². The van der Waals surface area contributed by atoms with Crippen molar-refractivity contribution in [3.05, 3.63) is 34.9 Å². The first-order valence-electron chi connectivity index (χ1n) is 5.43. The lowest BCUT2D eigenvalue weighted by Crippen LogP contribution is -2.37. The van der Waals surface area contributed by atoms with Crippen LogP contribution in [-0.2, 0) is 9.47 Å². The average molecular weight is 257 g/mol. The van der Waals surface area contributed by atoms with Crippen LogP contribution in [0.5, 0.6) is 0 Å². The van der Waals surface area contributed by atoms with Crippen LogP contribution in [-0.4, -0.2) is 30.1 Å². The quantitative estimate of drug-likeness (QED) is 0.823. The first kappa shape index (κ1) is 12.4. The molecule has 1 saturated heterocycles. The molecule has 0 saturated carbocycles. The number of benzene rings is 1. The number of carbonyl (C=O) groups excluding carboxylic acids is 1. The first-order valence-corrected chi connectivity index (χ1v) is 5.81. The summed E-state index contributed by atoms with van der Waals surface area (Å²) in [7, 11) is 0. The van der Waals surface area contributed by atoms with Crippen LogP contribution in [0.1, 0.15) is 23.2 Å². The first-order chi connectivity index (χ1) is 8.16. The zero-order valence-corrected chi connectivity index (χ0v) is 9.89. The van der Waals surface area contributed by atoms with Gasteiger partial charge in [0.25, 0.3) is 0 Å². The van der Waals surface area contributed by atoms with Gasteiger partial charge in [-0.3, -0.25) is 0 Å². The maximum atomic E-state index is 11.7. The number of carbonyl (C=O) groups is 1. The summed E-state index contributed by atoms with van der Waals surface area (Å²) in [5.41, 5.74) is 0.346. The van der Waals surface area contributed by atoms with Gasteiger partial charge in [-0.2, -0.15) is 0 Å². The van der Waals surface area contributed by atoms with E-state index in [4.69, 9.17) is 21.1 Å². The van der Waals surface area contributed by atoms with Gasteiger partial charge in [-0.05, 0) is 31.0 Å². The van der Waals surface area contributed by atoms with Crippen molar-refractivity contribution in [3.63, 3.8) is 0 Å². The minimum atomic E-state index is -0.879. The van der Waals surface area contributed by atoms with Crippen molar-refractivity contribution in [2.45, 2.75) is 25.2 Å². The van der Waals surface area contributed by atoms with Gasteiger partial charge in [0.05, 0.1) is 12.2 Å². The second-order valence-electron chi connectivity index (χ2n) is 3.86. The highest BCUT2D eigenvalue weighted by Gasteiger charge is 2.27. The third kappa shape index (κ3) is 3.19. The normalized spacial score (nSPS) is 24.4. The van der Waals surface area contributed by atoms with E-state index in [1.807, 2.05) is 0 Å². The summed E-state index contributed by atoms with van der Waals surface area (Å²) in [5.74, 6) is -0.543. The predicted molar refractivity (Wildman–Crippen MR) is 61.8 cm³/mol. The van der Waals surface area contributed by atoms with E-state index in [-0.39, 0.29) is 0 Å². The summed E-state index contributed by atoms with van der Waals surface area (Å²) in [5, 5.41) is 10.1. The topological polar surface area (TPSA) is 55.8 Å². The second kappa shape index (κ2) is 5.49. The number of hydrogen-bond donors (Lipinski definition) is 1. The largest absolute Gasteiger partial charge is 0.429 e. The molecule has 1 aromatic carbocycles. The molecule has 1 heterocycles. The van der Waals surface area contributed by atoms with Crippen molar-refractivity contribution < 1.29 is 19.4 Å². The Balaban J connectivity index is 2.01. The molecule has 1 fully saturated rings. The maximum absolute atomic E-state index is 11.7. The van der Waals surface area contributed by atoms with E-state index >= 15 is 0 Å². The highest BCUT2D eigenvalue weighted by molar-refractivity contribution is 6.30. The number of aliphatic hydroxyl groups excluding tert-OH is 1. The standard InChI is InChI=1S/C12H13ClO4/c13-9-4-1-3-8(7-9)11(15)17-12-10(14)5-2-6-16-12/h1,3-4,7,10,12,14H,2,5-6H2/t10?,12-/m0/s1. The van der Waals surface area contributed by atoms with Crippen LogP contribution in [0, 0.1) is 0 Å². The Morgan fingerprint density at radius 2 is 2.35 bits per heavy atom. The lowest BCUT2D eigenvalue weighted by atomic mass is 10.1. The van der Waals surface area contributed by atoms with E-state index < -0.39 is 18.4 Å². The lowest BCUT2D eigenvalue weighted by Gasteiger charge is -2.27. The fraction of sp³-hybridized carbons (Fsp3) is 0.417. The summed E-state index contributed by atoms with van der Waals surface area (Å²) in [6.45, 7) is 0.491. The Morgan fingerprint density at radius 1 is 1.53 bits per heavy atom. The molecule has 1 aliphatic rings. The number of ether oxygens (including phenoxy) is 2. The Kier molecular flexibility index (Phi) is 3.99. The molecule has 2 atom stereocenters. The van der Waals surface area contributed by atoms with Crippen LogP contribution in [0.25, 0.3) is 0 Å². The minimum Gasteiger partial charge on any atom is -0.429 e. The Hall–Kier alpha value is -1.10. The SMILES string of the molecule is O=C(O[C@@H]1OCCCC1O)c1cccc(Cl)c1. The molecule has 0 radical (unpaired) electrons. The third-order valence-corrected chi connectivity index (χ3v) is 2.76. The Labute approximate surface area is 104 Å². The summed E-state index contributed by atoms with van der Waals surface area (Å²) < 4.78 is 10.3. The third-order valence-electron chi connectivity index (χ3n) is 2.52. The van der Waals surface area contributed by atoms with Gasteiger partial charge in [-0.1, -0.05) is 17.7 Å². The molecule has 17 heavy (non-hydrogen) atoms. The van der Waals surface area contributed by atoms with Gasteiger partial charge in [0.2, 0.25) is 6.29 Å². The smallest absolute Gasteiger partial charge is 0.340 e. The Morgan fingerprint density at radius 3 is 3.06 bits per heavy atom. The Bertz CT molecular complexity index is 407. The minimum absolute atomic E-state index is 0.346.